The highest BCUT2D eigenvalue weighted by Gasteiger charge is 2.07. The van der Waals surface area contributed by atoms with Gasteiger partial charge < -0.3 is 4.98 Å². The smallest absolute Gasteiger partial charge is 0.182 e. The molecule has 0 bridgehead atoms. The van der Waals surface area contributed by atoms with E-state index in [0.717, 1.165) is 16.9 Å². The molecule has 106 valence electrons. The number of aromatic amines is 1. The van der Waals surface area contributed by atoms with Crippen LogP contribution in [-0.2, 0) is 0 Å². The minimum Gasteiger partial charge on any atom is -0.330 e. The van der Waals surface area contributed by atoms with Gasteiger partial charge in [-0.3, -0.25) is 4.57 Å². The van der Waals surface area contributed by atoms with Crippen LogP contribution in [0.1, 0.15) is 5.56 Å². The first-order chi connectivity index (χ1) is 10.0. The molecule has 1 N–H and O–H groups in total. The van der Waals surface area contributed by atoms with Gasteiger partial charge in [-0.2, -0.15) is 0 Å². The first-order valence-corrected chi connectivity index (χ1v) is 7.55. The van der Waals surface area contributed by atoms with Gasteiger partial charge >= 0.3 is 0 Å². The van der Waals surface area contributed by atoms with Crippen LogP contribution in [0, 0.1) is 11.7 Å². The van der Waals surface area contributed by atoms with Gasteiger partial charge in [0.05, 0.1) is 15.7 Å². The van der Waals surface area contributed by atoms with Gasteiger partial charge in [0.15, 0.2) is 4.77 Å². The van der Waals surface area contributed by atoms with Gasteiger partial charge in [0.2, 0.25) is 0 Å². The summed E-state index contributed by atoms with van der Waals surface area (Å²) in [6, 6.07) is 13.7. The van der Waals surface area contributed by atoms with Gasteiger partial charge in [0, 0.05) is 17.4 Å². The fraction of sp³-hybridized carbons (Fsp3) is 0.0625. The lowest BCUT2D eigenvalue weighted by Gasteiger charge is -2.03. The highest BCUT2D eigenvalue weighted by atomic mass is 35.5. The molecular weight excluding hydrogens is 323 g/mol. The number of hydrogen-bond donors (Lipinski definition) is 1. The first kappa shape index (κ1) is 14.4. The Morgan fingerprint density at radius 1 is 1.05 bits per heavy atom. The highest BCUT2D eigenvalue weighted by Crippen LogP contribution is 2.28. The van der Waals surface area contributed by atoms with Crippen LogP contribution in [0.3, 0.4) is 0 Å². The van der Waals surface area contributed by atoms with E-state index in [4.69, 9.17) is 35.4 Å². The average molecular weight is 335 g/mol. The van der Waals surface area contributed by atoms with Crippen LogP contribution in [0.25, 0.3) is 16.9 Å². The molecule has 0 radical (unpaired) electrons. The van der Waals surface area contributed by atoms with E-state index in [2.05, 4.69) is 24.0 Å². The molecule has 2 aromatic carbocycles. The predicted molar refractivity (Wildman–Crippen MR) is 91.1 cm³/mol. The highest BCUT2D eigenvalue weighted by molar-refractivity contribution is 7.71. The lowest BCUT2D eigenvalue weighted by atomic mass is 10.2. The summed E-state index contributed by atoms with van der Waals surface area (Å²) < 4.78 is 2.59. The Hall–Kier alpha value is -1.55. The van der Waals surface area contributed by atoms with E-state index >= 15 is 0 Å². The summed E-state index contributed by atoms with van der Waals surface area (Å²) in [6.07, 6.45) is 1.97. The molecule has 5 heteroatoms. The van der Waals surface area contributed by atoms with Crippen molar-refractivity contribution < 1.29 is 0 Å². The van der Waals surface area contributed by atoms with Gasteiger partial charge in [-0.1, -0.05) is 41.4 Å². The quantitative estimate of drug-likeness (QED) is 0.586. The SMILES string of the molecule is Cc1cccc(-n2cc(-c3ccc(Cl)c(Cl)c3)[nH]c2=S)c1. The maximum absolute atomic E-state index is 6.07. The zero-order valence-corrected chi connectivity index (χ0v) is 13.6. The molecule has 1 aromatic heterocycles. The molecule has 0 aliphatic heterocycles. The fourth-order valence-corrected chi connectivity index (χ4v) is 2.74. The molecule has 0 aliphatic rings. The Morgan fingerprint density at radius 2 is 1.86 bits per heavy atom. The summed E-state index contributed by atoms with van der Waals surface area (Å²) in [7, 11) is 0. The zero-order valence-electron chi connectivity index (χ0n) is 11.2. The molecule has 0 saturated heterocycles. The van der Waals surface area contributed by atoms with E-state index in [1.807, 2.05) is 35.0 Å². The van der Waals surface area contributed by atoms with Crippen molar-refractivity contribution in [2.45, 2.75) is 6.92 Å². The van der Waals surface area contributed by atoms with E-state index in [-0.39, 0.29) is 0 Å². The van der Waals surface area contributed by atoms with Crippen molar-refractivity contribution in [3.8, 4) is 16.9 Å². The van der Waals surface area contributed by atoms with Gasteiger partial charge in [-0.05, 0) is 49.0 Å². The predicted octanol–water partition coefficient (Wildman–Crippen LogP) is 5.82. The third-order valence-corrected chi connectivity index (χ3v) is 4.27. The Kier molecular flexibility index (Phi) is 3.89. The molecule has 21 heavy (non-hydrogen) atoms. The summed E-state index contributed by atoms with van der Waals surface area (Å²) in [5.74, 6) is 0. The second-order valence-corrected chi connectivity index (χ2v) is 6.01. The number of nitrogens with zero attached hydrogens (tertiary/aromatic N) is 1. The number of benzene rings is 2. The van der Waals surface area contributed by atoms with Crippen LogP contribution in [-0.4, -0.2) is 9.55 Å². The first-order valence-electron chi connectivity index (χ1n) is 6.39. The molecule has 2 nitrogen and oxygen atoms in total. The number of nitrogens with one attached hydrogen (secondary N) is 1. The molecule has 0 atom stereocenters. The van der Waals surface area contributed by atoms with Crippen molar-refractivity contribution in [2.75, 3.05) is 0 Å². The van der Waals surface area contributed by atoms with Gasteiger partial charge in [0.1, 0.15) is 0 Å². The molecule has 0 fully saturated rings. The van der Waals surface area contributed by atoms with Crippen LogP contribution in [0.5, 0.6) is 0 Å². The van der Waals surface area contributed by atoms with Gasteiger partial charge in [0.25, 0.3) is 0 Å². The largest absolute Gasteiger partial charge is 0.330 e. The van der Waals surface area contributed by atoms with Crippen LogP contribution in [0.4, 0.5) is 0 Å². The van der Waals surface area contributed by atoms with Gasteiger partial charge in [-0.25, -0.2) is 0 Å². The molecule has 0 amide bonds. The topological polar surface area (TPSA) is 20.7 Å². The molecule has 0 spiro atoms. The Balaban J connectivity index is 2.09. The lowest BCUT2D eigenvalue weighted by Crippen LogP contribution is -1.91. The van der Waals surface area contributed by atoms with Gasteiger partial charge in [-0.15, -0.1) is 0 Å². The standard InChI is InChI=1S/C16H12Cl2N2S/c1-10-3-2-4-12(7-10)20-9-15(19-16(20)21)11-5-6-13(17)14(18)8-11/h2-9H,1H3,(H,19,21). The van der Waals surface area contributed by atoms with Crippen LogP contribution < -0.4 is 0 Å². The van der Waals surface area contributed by atoms with Crippen LogP contribution in [0.15, 0.2) is 48.7 Å². The minimum atomic E-state index is 0.525. The number of aryl methyl sites for hydroxylation is 1. The molecule has 3 rings (SSSR count). The van der Waals surface area contributed by atoms with Crippen molar-refractivity contribution in [3.05, 3.63) is 69.0 Å². The average Bonchev–Trinajstić information content (AvgIpc) is 2.84. The van der Waals surface area contributed by atoms with Crippen molar-refractivity contribution in [3.63, 3.8) is 0 Å². The van der Waals surface area contributed by atoms with E-state index < -0.39 is 0 Å². The summed E-state index contributed by atoms with van der Waals surface area (Å²) in [5, 5.41) is 1.06. The summed E-state index contributed by atoms with van der Waals surface area (Å²) in [6.45, 7) is 2.06. The van der Waals surface area contributed by atoms with Crippen LogP contribution in [0.2, 0.25) is 10.0 Å². The molecule has 0 saturated carbocycles. The Labute approximate surface area is 138 Å². The molecule has 0 unspecified atom stereocenters. The summed E-state index contributed by atoms with van der Waals surface area (Å²) in [4.78, 5) is 3.20. The minimum absolute atomic E-state index is 0.525. The Bertz CT molecular complexity index is 865. The maximum Gasteiger partial charge on any atom is 0.182 e. The third kappa shape index (κ3) is 2.91. The maximum atomic E-state index is 6.07. The van der Waals surface area contributed by atoms with Crippen molar-refractivity contribution in [1.29, 1.82) is 0 Å². The van der Waals surface area contributed by atoms with E-state index in [1.165, 1.54) is 5.56 Å². The fourth-order valence-electron chi connectivity index (χ4n) is 2.18. The number of halogens is 2. The number of imidazole rings is 1. The zero-order chi connectivity index (χ0) is 15.0. The number of rotatable bonds is 2. The number of aromatic nitrogens is 2. The molecule has 1 heterocycles. The Morgan fingerprint density at radius 3 is 2.57 bits per heavy atom. The lowest BCUT2D eigenvalue weighted by molar-refractivity contribution is 1.03. The molecular formula is C16H12Cl2N2S. The molecule has 0 aliphatic carbocycles. The summed E-state index contributed by atoms with van der Waals surface area (Å²) in [5.41, 5.74) is 4.07. The van der Waals surface area contributed by atoms with E-state index in [1.54, 1.807) is 6.07 Å². The van der Waals surface area contributed by atoms with E-state index in [9.17, 15) is 0 Å². The number of hydrogen-bond acceptors (Lipinski definition) is 1. The number of H-pyrrole nitrogens is 1. The second-order valence-electron chi connectivity index (χ2n) is 4.81. The monoisotopic (exact) mass is 334 g/mol. The van der Waals surface area contributed by atoms with E-state index in [0.29, 0.717) is 14.8 Å². The van der Waals surface area contributed by atoms with Crippen molar-refractivity contribution >= 4 is 35.4 Å². The van der Waals surface area contributed by atoms with Crippen molar-refractivity contribution in [2.24, 2.45) is 0 Å². The van der Waals surface area contributed by atoms with Crippen molar-refractivity contribution in [1.82, 2.24) is 9.55 Å². The third-order valence-electron chi connectivity index (χ3n) is 3.23. The normalized spacial score (nSPS) is 10.8. The van der Waals surface area contributed by atoms with Crippen LogP contribution >= 0.6 is 35.4 Å². The summed E-state index contributed by atoms with van der Waals surface area (Å²) >= 11 is 17.4. The second kappa shape index (κ2) is 5.68. The molecule has 3 aromatic rings.